The van der Waals surface area contributed by atoms with Crippen molar-refractivity contribution < 1.29 is 9.63 Å². The minimum Gasteiger partial charge on any atom is -0.394 e. The molecule has 0 aromatic carbocycles. The molecule has 0 fully saturated rings. The lowest BCUT2D eigenvalue weighted by Crippen LogP contribution is -2.16. The molecule has 7 heteroatoms. The molecule has 92 valence electrons. The molecule has 7 nitrogen and oxygen atoms in total. The molecule has 0 bridgehead atoms. The van der Waals surface area contributed by atoms with E-state index in [9.17, 15) is 0 Å². The maximum absolute atomic E-state index is 8.75. The third-order valence-corrected chi connectivity index (χ3v) is 2.27. The summed E-state index contributed by atoms with van der Waals surface area (Å²) in [7, 11) is 0. The Morgan fingerprint density at radius 1 is 1.47 bits per heavy atom. The fourth-order valence-electron chi connectivity index (χ4n) is 1.46. The van der Waals surface area contributed by atoms with Crippen molar-refractivity contribution in [3.8, 4) is 0 Å². The first-order valence-electron chi connectivity index (χ1n) is 5.47. The molecule has 0 unspecified atom stereocenters. The van der Waals surface area contributed by atoms with Crippen molar-refractivity contribution in [1.29, 1.82) is 0 Å². The second-order valence-corrected chi connectivity index (χ2v) is 3.60. The van der Waals surface area contributed by atoms with E-state index in [4.69, 9.17) is 9.63 Å². The van der Waals surface area contributed by atoms with Crippen LogP contribution in [0.1, 0.15) is 11.5 Å². The standard InChI is InChI=1S/C10H15N5O2/c16-4-3-15-7-9(6-13-15)5-11-2-1-10-12-8-14-17-10/h6-8,11,16H,1-5H2. The first-order chi connectivity index (χ1) is 8.38. The summed E-state index contributed by atoms with van der Waals surface area (Å²) in [6, 6.07) is 0. The Hall–Kier alpha value is -1.73. The fraction of sp³-hybridized carbons (Fsp3) is 0.500. The van der Waals surface area contributed by atoms with Gasteiger partial charge in [0.25, 0.3) is 0 Å². The van der Waals surface area contributed by atoms with Crippen molar-refractivity contribution in [3.05, 3.63) is 30.2 Å². The van der Waals surface area contributed by atoms with Crippen molar-refractivity contribution in [1.82, 2.24) is 25.2 Å². The van der Waals surface area contributed by atoms with Crippen LogP contribution in [0.5, 0.6) is 0 Å². The molecule has 2 aromatic heterocycles. The van der Waals surface area contributed by atoms with E-state index in [0.29, 0.717) is 18.9 Å². The molecule has 2 aromatic rings. The molecule has 0 atom stereocenters. The van der Waals surface area contributed by atoms with Crippen LogP contribution in [-0.4, -0.2) is 38.2 Å². The number of aliphatic hydroxyl groups excluding tert-OH is 1. The zero-order valence-electron chi connectivity index (χ0n) is 9.41. The highest BCUT2D eigenvalue weighted by Crippen LogP contribution is 1.97. The van der Waals surface area contributed by atoms with Crippen molar-refractivity contribution in [3.63, 3.8) is 0 Å². The van der Waals surface area contributed by atoms with E-state index < -0.39 is 0 Å². The SMILES string of the molecule is OCCn1cc(CNCCc2ncno2)cn1. The van der Waals surface area contributed by atoms with Crippen LogP contribution in [0.15, 0.2) is 23.2 Å². The van der Waals surface area contributed by atoms with E-state index >= 15 is 0 Å². The zero-order chi connectivity index (χ0) is 11.9. The second kappa shape index (κ2) is 6.12. The van der Waals surface area contributed by atoms with E-state index in [1.165, 1.54) is 6.33 Å². The number of aromatic nitrogens is 4. The average Bonchev–Trinajstić information content (AvgIpc) is 2.96. The summed E-state index contributed by atoms with van der Waals surface area (Å²) in [5, 5.41) is 19.6. The number of aliphatic hydroxyl groups is 1. The fourth-order valence-corrected chi connectivity index (χ4v) is 1.46. The molecule has 2 rings (SSSR count). The number of hydrogen-bond donors (Lipinski definition) is 2. The summed E-state index contributed by atoms with van der Waals surface area (Å²) in [4.78, 5) is 3.93. The topological polar surface area (TPSA) is 89.0 Å². The van der Waals surface area contributed by atoms with Crippen LogP contribution in [0.4, 0.5) is 0 Å². The predicted molar refractivity (Wildman–Crippen MR) is 59.0 cm³/mol. The van der Waals surface area contributed by atoms with Crippen LogP contribution in [0, 0.1) is 0 Å². The first-order valence-corrected chi connectivity index (χ1v) is 5.47. The number of nitrogens with zero attached hydrogens (tertiary/aromatic N) is 4. The maximum atomic E-state index is 8.75. The molecular formula is C10H15N5O2. The van der Waals surface area contributed by atoms with E-state index in [0.717, 1.165) is 18.7 Å². The van der Waals surface area contributed by atoms with Gasteiger partial charge in [-0.25, -0.2) is 0 Å². The van der Waals surface area contributed by atoms with Gasteiger partial charge in [-0.1, -0.05) is 5.16 Å². The van der Waals surface area contributed by atoms with Gasteiger partial charge in [0.05, 0.1) is 19.3 Å². The first kappa shape index (κ1) is 11.7. The Balaban J connectivity index is 1.67. The van der Waals surface area contributed by atoms with Crippen molar-refractivity contribution in [2.24, 2.45) is 0 Å². The molecule has 0 aliphatic rings. The van der Waals surface area contributed by atoms with Crippen LogP contribution >= 0.6 is 0 Å². The van der Waals surface area contributed by atoms with Crippen molar-refractivity contribution in [2.45, 2.75) is 19.5 Å². The lowest BCUT2D eigenvalue weighted by atomic mass is 10.3. The third-order valence-electron chi connectivity index (χ3n) is 2.27. The normalized spacial score (nSPS) is 10.9. The maximum Gasteiger partial charge on any atom is 0.227 e. The minimum atomic E-state index is 0.103. The molecule has 0 amide bonds. The Morgan fingerprint density at radius 2 is 2.41 bits per heavy atom. The predicted octanol–water partition coefficient (Wildman–Crippen LogP) is -0.409. The van der Waals surface area contributed by atoms with Gasteiger partial charge in [-0.15, -0.1) is 0 Å². The van der Waals surface area contributed by atoms with Gasteiger partial charge in [-0.05, 0) is 0 Å². The summed E-state index contributed by atoms with van der Waals surface area (Å²) in [5.41, 5.74) is 1.09. The molecule has 0 radical (unpaired) electrons. The average molecular weight is 237 g/mol. The lowest BCUT2D eigenvalue weighted by Gasteiger charge is -1.99. The van der Waals surface area contributed by atoms with Gasteiger partial charge in [0.1, 0.15) is 0 Å². The van der Waals surface area contributed by atoms with Gasteiger partial charge < -0.3 is 14.9 Å². The zero-order valence-corrected chi connectivity index (χ0v) is 9.41. The van der Waals surface area contributed by atoms with E-state index in [1.54, 1.807) is 10.9 Å². The van der Waals surface area contributed by atoms with Crippen LogP contribution < -0.4 is 5.32 Å². The van der Waals surface area contributed by atoms with Gasteiger partial charge >= 0.3 is 0 Å². The summed E-state index contributed by atoms with van der Waals surface area (Å²) < 4.78 is 6.59. The summed E-state index contributed by atoms with van der Waals surface area (Å²) in [5.74, 6) is 0.633. The monoisotopic (exact) mass is 237 g/mol. The smallest absolute Gasteiger partial charge is 0.227 e. The van der Waals surface area contributed by atoms with Crippen LogP contribution in [0.25, 0.3) is 0 Å². The molecule has 2 heterocycles. The van der Waals surface area contributed by atoms with Crippen molar-refractivity contribution >= 4 is 0 Å². The minimum absolute atomic E-state index is 0.103. The number of hydrogen-bond acceptors (Lipinski definition) is 6. The van der Waals surface area contributed by atoms with E-state index in [1.807, 2.05) is 6.20 Å². The van der Waals surface area contributed by atoms with Crippen LogP contribution in [0.2, 0.25) is 0 Å². The molecule has 0 saturated carbocycles. The summed E-state index contributed by atoms with van der Waals surface area (Å²) >= 11 is 0. The third kappa shape index (κ3) is 3.65. The Bertz CT molecular complexity index is 426. The molecule has 17 heavy (non-hydrogen) atoms. The highest BCUT2D eigenvalue weighted by atomic mass is 16.5. The molecule has 0 aliphatic carbocycles. The highest BCUT2D eigenvalue weighted by molar-refractivity contribution is 5.03. The summed E-state index contributed by atoms with van der Waals surface area (Å²) in [6.07, 6.45) is 5.81. The lowest BCUT2D eigenvalue weighted by molar-refractivity contribution is 0.269. The van der Waals surface area contributed by atoms with Crippen molar-refractivity contribution in [2.75, 3.05) is 13.2 Å². The Labute approximate surface area is 98.4 Å². The molecule has 0 aliphatic heterocycles. The van der Waals surface area contributed by atoms with Crippen LogP contribution in [0.3, 0.4) is 0 Å². The number of rotatable bonds is 7. The summed E-state index contributed by atoms with van der Waals surface area (Å²) in [6.45, 7) is 2.14. The van der Waals surface area contributed by atoms with Gasteiger partial charge in [0.15, 0.2) is 6.33 Å². The second-order valence-electron chi connectivity index (χ2n) is 3.60. The molecule has 0 saturated heterocycles. The quantitative estimate of drug-likeness (QED) is 0.636. The van der Waals surface area contributed by atoms with E-state index in [-0.39, 0.29) is 6.61 Å². The van der Waals surface area contributed by atoms with Gasteiger partial charge in [0, 0.05) is 31.3 Å². The van der Waals surface area contributed by atoms with E-state index in [2.05, 4.69) is 20.6 Å². The van der Waals surface area contributed by atoms with Gasteiger partial charge in [-0.3, -0.25) is 4.68 Å². The van der Waals surface area contributed by atoms with Crippen LogP contribution in [-0.2, 0) is 19.5 Å². The molecule has 0 spiro atoms. The van der Waals surface area contributed by atoms with Gasteiger partial charge in [0.2, 0.25) is 5.89 Å². The van der Waals surface area contributed by atoms with Gasteiger partial charge in [-0.2, -0.15) is 10.1 Å². The largest absolute Gasteiger partial charge is 0.394 e. The Kier molecular flexibility index (Phi) is 4.23. The number of nitrogens with one attached hydrogen (secondary N) is 1. The Morgan fingerprint density at radius 3 is 3.18 bits per heavy atom. The highest BCUT2D eigenvalue weighted by Gasteiger charge is 2.00. The molecular weight excluding hydrogens is 222 g/mol. The molecule has 2 N–H and O–H groups in total.